The molecule has 5 nitrogen and oxygen atoms in total. The maximum Gasteiger partial charge on any atom is 0.261 e. The van der Waals surface area contributed by atoms with Crippen LogP contribution in [0.2, 0.25) is 0 Å². The highest BCUT2D eigenvalue weighted by atomic mass is 19.3. The van der Waals surface area contributed by atoms with Crippen LogP contribution in [0.15, 0.2) is 49.1 Å². The molecule has 2 aliphatic heterocycles. The largest absolute Gasteiger partial charge is 0.310 e. The normalized spacial score (nSPS) is 25.8. The van der Waals surface area contributed by atoms with Gasteiger partial charge in [0.25, 0.3) is 5.92 Å². The zero-order valence-corrected chi connectivity index (χ0v) is 14.3. The Kier molecular flexibility index (Phi) is 4.19. The zero-order chi connectivity index (χ0) is 18.2. The number of halogens is 2. The van der Waals surface area contributed by atoms with E-state index < -0.39 is 11.3 Å². The Morgan fingerprint density at radius 2 is 1.88 bits per heavy atom. The number of rotatable bonds is 3. The molecule has 0 aliphatic carbocycles. The molecule has 2 aromatic heterocycles. The van der Waals surface area contributed by atoms with Gasteiger partial charge in [-0.2, -0.15) is 0 Å². The van der Waals surface area contributed by atoms with Crippen LogP contribution in [0.3, 0.4) is 0 Å². The number of alkyl halides is 2. The Morgan fingerprint density at radius 3 is 2.62 bits per heavy atom. The highest BCUT2D eigenvalue weighted by Gasteiger charge is 2.56. The predicted molar refractivity (Wildman–Crippen MR) is 92.7 cm³/mol. The van der Waals surface area contributed by atoms with Crippen molar-refractivity contribution in [2.75, 3.05) is 24.5 Å². The molecular weight excluding hydrogens is 338 g/mol. The van der Waals surface area contributed by atoms with Crippen molar-refractivity contribution in [3.63, 3.8) is 0 Å². The van der Waals surface area contributed by atoms with E-state index in [1.165, 1.54) is 0 Å². The van der Waals surface area contributed by atoms with Crippen molar-refractivity contribution < 1.29 is 13.6 Å². The Morgan fingerprint density at radius 1 is 1.08 bits per heavy atom. The van der Waals surface area contributed by atoms with Crippen molar-refractivity contribution in [2.24, 2.45) is 5.41 Å². The van der Waals surface area contributed by atoms with Gasteiger partial charge in [0.1, 0.15) is 0 Å². The second kappa shape index (κ2) is 6.39. The second-order valence-electron chi connectivity index (χ2n) is 7.23. The summed E-state index contributed by atoms with van der Waals surface area (Å²) in [6, 6.07) is 7.17. The summed E-state index contributed by atoms with van der Waals surface area (Å²) >= 11 is 0. The van der Waals surface area contributed by atoms with Crippen LogP contribution in [0.5, 0.6) is 0 Å². The Hall–Kier alpha value is -2.41. The minimum Gasteiger partial charge on any atom is -0.310 e. The summed E-state index contributed by atoms with van der Waals surface area (Å²) in [5, 5.41) is 0. The average Bonchev–Trinajstić information content (AvgIpc) is 2.91. The molecule has 4 rings (SSSR count). The number of likely N-dealkylation sites (tertiary alicyclic amines) is 1. The molecule has 1 atom stereocenters. The van der Waals surface area contributed by atoms with Crippen molar-refractivity contribution >= 4 is 11.6 Å². The van der Waals surface area contributed by atoms with Gasteiger partial charge < -0.3 is 4.90 Å². The first-order valence-electron chi connectivity index (χ1n) is 8.69. The van der Waals surface area contributed by atoms with E-state index in [2.05, 4.69) is 9.97 Å². The molecule has 0 saturated carbocycles. The minimum atomic E-state index is -2.88. The number of amides is 1. The molecule has 2 saturated heterocycles. The molecule has 1 amide bonds. The lowest BCUT2D eigenvalue weighted by atomic mass is 9.77. The second-order valence-corrected chi connectivity index (χ2v) is 7.23. The lowest BCUT2D eigenvalue weighted by Crippen LogP contribution is -2.55. The standard InChI is InChI=1S/C19H20F2N4O/c20-19(21)12-18(13-24(14-19)11-15-3-7-22-8-4-15)5-9-25(17(18)26)16-2-1-6-23-10-16/h1-4,6-8,10H,5,9,11-14H2/t18-/m1/s1. The van der Waals surface area contributed by atoms with Gasteiger partial charge in [0, 0.05) is 44.6 Å². The van der Waals surface area contributed by atoms with Gasteiger partial charge in [-0.05, 0) is 36.2 Å². The van der Waals surface area contributed by atoms with Crippen LogP contribution in [0, 0.1) is 5.41 Å². The molecule has 2 fully saturated rings. The Balaban J connectivity index is 1.58. The van der Waals surface area contributed by atoms with Gasteiger partial charge in [-0.1, -0.05) is 0 Å². The Labute approximate surface area is 150 Å². The number of pyridine rings is 2. The third kappa shape index (κ3) is 3.19. The van der Waals surface area contributed by atoms with Crippen molar-refractivity contribution in [3.05, 3.63) is 54.6 Å². The number of carbonyl (C=O) groups is 1. The third-order valence-electron chi connectivity index (χ3n) is 5.20. The van der Waals surface area contributed by atoms with Crippen LogP contribution >= 0.6 is 0 Å². The summed E-state index contributed by atoms with van der Waals surface area (Å²) in [6.45, 7) is 0.863. The first-order valence-corrected chi connectivity index (χ1v) is 8.69. The molecule has 0 N–H and O–H groups in total. The van der Waals surface area contributed by atoms with E-state index in [0.717, 1.165) is 5.56 Å². The zero-order valence-electron chi connectivity index (χ0n) is 14.3. The monoisotopic (exact) mass is 358 g/mol. The van der Waals surface area contributed by atoms with Crippen molar-refractivity contribution in [2.45, 2.75) is 25.3 Å². The first kappa shape index (κ1) is 17.0. The van der Waals surface area contributed by atoms with Crippen molar-refractivity contribution in [3.8, 4) is 0 Å². The van der Waals surface area contributed by atoms with Gasteiger partial charge in [-0.3, -0.25) is 19.7 Å². The SMILES string of the molecule is O=C1N(c2cccnc2)CC[C@@]12CN(Cc1ccncc1)CC(F)(F)C2. The van der Waals surface area contributed by atoms with Gasteiger partial charge in [-0.25, -0.2) is 8.78 Å². The fraction of sp³-hybridized carbons (Fsp3) is 0.421. The molecule has 4 heterocycles. The maximum absolute atomic E-state index is 14.5. The number of hydrogen-bond donors (Lipinski definition) is 0. The molecule has 0 unspecified atom stereocenters. The molecule has 0 aromatic carbocycles. The van der Waals surface area contributed by atoms with E-state index in [1.807, 2.05) is 12.1 Å². The summed E-state index contributed by atoms with van der Waals surface area (Å²) in [7, 11) is 0. The highest BCUT2D eigenvalue weighted by Crippen LogP contribution is 2.46. The van der Waals surface area contributed by atoms with Crippen molar-refractivity contribution in [1.82, 2.24) is 14.9 Å². The number of piperidine rings is 1. The summed E-state index contributed by atoms with van der Waals surface area (Å²) in [6.07, 6.45) is 6.58. The van der Waals surface area contributed by atoms with E-state index in [9.17, 15) is 13.6 Å². The molecule has 136 valence electrons. The lowest BCUT2D eigenvalue weighted by Gasteiger charge is -2.42. The summed E-state index contributed by atoms with van der Waals surface area (Å²) < 4.78 is 29.0. The maximum atomic E-state index is 14.5. The van der Waals surface area contributed by atoms with Gasteiger partial charge in [0.15, 0.2) is 0 Å². The van der Waals surface area contributed by atoms with Gasteiger partial charge >= 0.3 is 0 Å². The molecule has 26 heavy (non-hydrogen) atoms. The van der Waals surface area contributed by atoms with Crippen LogP contribution in [0.1, 0.15) is 18.4 Å². The van der Waals surface area contributed by atoms with E-state index in [-0.39, 0.29) is 18.9 Å². The van der Waals surface area contributed by atoms with E-state index in [0.29, 0.717) is 31.7 Å². The van der Waals surface area contributed by atoms with Gasteiger partial charge in [0.05, 0.1) is 23.8 Å². The molecule has 0 bridgehead atoms. The van der Waals surface area contributed by atoms with Crippen LogP contribution in [0.25, 0.3) is 0 Å². The van der Waals surface area contributed by atoms with Crippen molar-refractivity contribution in [1.29, 1.82) is 0 Å². The molecule has 7 heteroatoms. The smallest absolute Gasteiger partial charge is 0.261 e. The number of anilines is 1. The van der Waals surface area contributed by atoms with Crippen LogP contribution in [-0.4, -0.2) is 46.3 Å². The minimum absolute atomic E-state index is 0.218. The predicted octanol–water partition coefficient (Wildman–Crippen LogP) is 2.74. The van der Waals surface area contributed by atoms with E-state index in [1.54, 1.807) is 46.7 Å². The average molecular weight is 358 g/mol. The number of aromatic nitrogens is 2. The lowest BCUT2D eigenvalue weighted by molar-refractivity contribution is -0.147. The molecule has 2 aliphatic rings. The van der Waals surface area contributed by atoms with Gasteiger partial charge in [0.2, 0.25) is 5.91 Å². The van der Waals surface area contributed by atoms with Crippen LogP contribution in [0.4, 0.5) is 14.5 Å². The first-order chi connectivity index (χ1) is 12.5. The van der Waals surface area contributed by atoms with Crippen LogP contribution in [-0.2, 0) is 11.3 Å². The summed E-state index contributed by atoms with van der Waals surface area (Å²) in [5.41, 5.74) is 0.552. The molecular formula is C19H20F2N4O. The summed E-state index contributed by atoms with van der Waals surface area (Å²) in [4.78, 5) is 24.4. The highest BCUT2D eigenvalue weighted by molar-refractivity contribution is 6.00. The third-order valence-corrected chi connectivity index (χ3v) is 5.20. The number of carbonyl (C=O) groups excluding carboxylic acids is 1. The fourth-order valence-electron chi connectivity index (χ4n) is 4.17. The van der Waals surface area contributed by atoms with E-state index in [4.69, 9.17) is 0 Å². The number of hydrogen-bond acceptors (Lipinski definition) is 4. The van der Waals surface area contributed by atoms with E-state index >= 15 is 0 Å². The topological polar surface area (TPSA) is 49.3 Å². The fourth-order valence-corrected chi connectivity index (χ4v) is 4.17. The van der Waals surface area contributed by atoms with Crippen LogP contribution < -0.4 is 4.90 Å². The quantitative estimate of drug-likeness (QED) is 0.847. The molecule has 0 radical (unpaired) electrons. The molecule has 1 spiro atoms. The summed E-state index contributed by atoms with van der Waals surface area (Å²) in [5.74, 6) is -3.10. The Bertz CT molecular complexity index is 787. The molecule has 2 aromatic rings. The van der Waals surface area contributed by atoms with Gasteiger partial charge in [-0.15, -0.1) is 0 Å². The number of nitrogens with zero attached hydrogens (tertiary/aromatic N) is 4.